The van der Waals surface area contributed by atoms with E-state index >= 15 is 0 Å². The maximum atomic E-state index is 12.9. The molecule has 0 radical (unpaired) electrons. The Morgan fingerprint density at radius 1 is 1.00 bits per heavy atom. The summed E-state index contributed by atoms with van der Waals surface area (Å²) >= 11 is 0. The summed E-state index contributed by atoms with van der Waals surface area (Å²) < 4.78 is 0. The van der Waals surface area contributed by atoms with Gasteiger partial charge in [0.05, 0.1) is 12.3 Å². The van der Waals surface area contributed by atoms with E-state index in [1.54, 1.807) is 0 Å². The van der Waals surface area contributed by atoms with E-state index in [2.05, 4.69) is 0 Å². The van der Waals surface area contributed by atoms with Crippen LogP contribution in [0.1, 0.15) is 30.4 Å². The van der Waals surface area contributed by atoms with E-state index in [0.717, 1.165) is 18.4 Å². The Balaban J connectivity index is 0.00000210. The van der Waals surface area contributed by atoms with Crippen molar-refractivity contribution >= 4 is 24.2 Å². The highest BCUT2D eigenvalue weighted by Crippen LogP contribution is 2.48. The van der Waals surface area contributed by atoms with Gasteiger partial charge in [0.15, 0.2) is 0 Å². The van der Waals surface area contributed by atoms with Gasteiger partial charge in [-0.1, -0.05) is 29.8 Å². The monoisotopic (exact) mass is 391 g/mol. The quantitative estimate of drug-likeness (QED) is 0.857. The number of fused-ring (bicyclic) bond motifs is 2. The van der Waals surface area contributed by atoms with Gasteiger partial charge in [0.25, 0.3) is 0 Å². The molecule has 0 spiro atoms. The summed E-state index contributed by atoms with van der Waals surface area (Å²) in [6, 6.07) is 8.16. The molecular weight excluding hydrogens is 362 g/mol. The van der Waals surface area contributed by atoms with Gasteiger partial charge in [0, 0.05) is 32.2 Å². The van der Waals surface area contributed by atoms with Crippen LogP contribution < -0.4 is 5.73 Å². The summed E-state index contributed by atoms with van der Waals surface area (Å²) in [4.78, 5) is 29.3. The Bertz CT molecular complexity index is 683. The maximum Gasteiger partial charge on any atom is 0.227 e. The largest absolute Gasteiger partial charge is 0.339 e. The Kier molecular flexibility index (Phi) is 6.11. The molecule has 2 N–H and O–H groups in total. The Morgan fingerprint density at radius 3 is 2.19 bits per heavy atom. The van der Waals surface area contributed by atoms with Crippen molar-refractivity contribution in [2.75, 3.05) is 26.2 Å². The minimum atomic E-state index is 0. The third-order valence-electron chi connectivity index (χ3n) is 6.69. The number of carbonyl (C=O) groups excluding carboxylic acids is 2. The first kappa shape index (κ1) is 20.2. The third kappa shape index (κ3) is 3.99. The fraction of sp³-hybridized carbons (Fsp3) is 0.619. The van der Waals surface area contributed by atoms with Crippen LogP contribution in [0.25, 0.3) is 0 Å². The van der Waals surface area contributed by atoms with Crippen LogP contribution in [0.5, 0.6) is 0 Å². The number of piperazine rings is 1. The topological polar surface area (TPSA) is 66.6 Å². The van der Waals surface area contributed by atoms with Crippen molar-refractivity contribution in [1.82, 2.24) is 9.80 Å². The second-order valence-corrected chi connectivity index (χ2v) is 8.30. The van der Waals surface area contributed by atoms with Crippen molar-refractivity contribution in [3.8, 4) is 0 Å². The van der Waals surface area contributed by atoms with Gasteiger partial charge in [-0.15, -0.1) is 12.4 Å². The lowest BCUT2D eigenvalue weighted by molar-refractivity contribution is -0.143. The molecule has 2 bridgehead atoms. The van der Waals surface area contributed by atoms with E-state index < -0.39 is 0 Å². The molecule has 3 fully saturated rings. The van der Waals surface area contributed by atoms with Gasteiger partial charge in [0.2, 0.25) is 11.8 Å². The summed E-state index contributed by atoms with van der Waals surface area (Å²) in [7, 11) is 0. The number of carbonyl (C=O) groups is 2. The Hall–Kier alpha value is -1.59. The zero-order valence-corrected chi connectivity index (χ0v) is 16.8. The molecule has 4 atom stereocenters. The van der Waals surface area contributed by atoms with Crippen LogP contribution in [0.4, 0.5) is 0 Å². The van der Waals surface area contributed by atoms with Gasteiger partial charge >= 0.3 is 0 Å². The highest BCUT2D eigenvalue weighted by Gasteiger charge is 2.50. The molecular formula is C21H30ClN3O2. The summed E-state index contributed by atoms with van der Waals surface area (Å²) in [5.74, 6) is 1.44. The highest BCUT2D eigenvalue weighted by atomic mass is 35.5. The van der Waals surface area contributed by atoms with Crippen LogP contribution >= 0.6 is 12.4 Å². The number of nitrogens with zero attached hydrogens (tertiary/aromatic N) is 2. The normalized spacial score (nSPS) is 29.6. The van der Waals surface area contributed by atoms with Crippen molar-refractivity contribution in [2.24, 2.45) is 23.5 Å². The molecule has 1 aliphatic heterocycles. The summed E-state index contributed by atoms with van der Waals surface area (Å²) in [6.45, 7) is 4.58. The molecule has 27 heavy (non-hydrogen) atoms. The molecule has 4 rings (SSSR count). The maximum absolute atomic E-state index is 12.9. The van der Waals surface area contributed by atoms with Crippen molar-refractivity contribution in [3.63, 3.8) is 0 Å². The molecule has 4 unspecified atom stereocenters. The summed E-state index contributed by atoms with van der Waals surface area (Å²) in [5.41, 5.74) is 8.58. The van der Waals surface area contributed by atoms with Crippen molar-refractivity contribution < 1.29 is 9.59 Å². The van der Waals surface area contributed by atoms with Gasteiger partial charge in [-0.25, -0.2) is 0 Å². The van der Waals surface area contributed by atoms with Crippen molar-refractivity contribution in [3.05, 3.63) is 35.4 Å². The zero-order valence-electron chi connectivity index (χ0n) is 16.0. The predicted octanol–water partition coefficient (Wildman–Crippen LogP) is 2.00. The lowest BCUT2D eigenvalue weighted by atomic mass is 9.84. The Morgan fingerprint density at radius 2 is 1.59 bits per heavy atom. The van der Waals surface area contributed by atoms with E-state index in [9.17, 15) is 9.59 Å². The number of benzene rings is 1. The first-order valence-electron chi connectivity index (χ1n) is 9.90. The fourth-order valence-corrected chi connectivity index (χ4v) is 5.08. The molecule has 3 aliphatic rings. The second kappa shape index (κ2) is 8.19. The molecule has 1 aromatic rings. The smallest absolute Gasteiger partial charge is 0.227 e. The molecule has 1 saturated heterocycles. The number of halogens is 1. The summed E-state index contributed by atoms with van der Waals surface area (Å²) in [5, 5.41) is 0. The van der Waals surface area contributed by atoms with Crippen LogP contribution in [-0.2, 0) is 16.0 Å². The van der Waals surface area contributed by atoms with Gasteiger partial charge in [0.1, 0.15) is 0 Å². The molecule has 1 heterocycles. The average Bonchev–Trinajstić information content (AvgIpc) is 3.24. The van der Waals surface area contributed by atoms with Crippen LogP contribution in [0.2, 0.25) is 0 Å². The molecule has 2 amide bonds. The lowest BCUT2D eigenvalue weighted by Gasteiger charge is -2.38. The minimum Gasteiger partial charge on any atom is -0.339 e. The molecule has 148 valence electrons. The van der Waals surface area contributed by atoms with E-state index in [-0.39, 0.29) is 36.2 Å². The van der Waals surface area contributed by atoms with Gasteiger partial charge in [-0.2, -0.15) is 0 Å². The third-order valence-corrected chi connectivity index (χ3v) is 6.69. The van der Waals surface area contributed by atoms with Crippen LogP contribution in [0, 0.1) is 24.7 Å². The van der Waals surface area contributed by atoms with Crippen LogP contribution in [-0.4, -0.2) is 53.8 Å². The number of nitrogens with two attached hydrogens (primary N) is 1. The highest BCUT2D eigenvalue weighted by molar-refractivity contribution is 5.85. The number of aryl methyl sites for hydroxylation is 1. The number of hydrogen-bond donors (Lipinski definition) is 1. The summed E-state index contributed by atoms with van der Waals surface area (Å²) in [6.07, 6.45) is 3.92. The van der Waals surface area contributed by atoms with Crippen molar-refractivity contribution in [1.29, 1.82) is 0 Å². The van der Waals surface area contributed by atoms with Crippen LogP contribution in [0.15, 0.2) is 24.3 Å². The Labute approximate surface area is 167 Å². The molecule has 2 aliphatic carbocycles. The molecule has 2 saturated carbocycles. The molecule has 5 nitrogen and oxygen atoms in total. The van der Waals surface area contributed by atoms with Gasteiger partial charge < -0.3 is 15.5 Å². The minimum absolute atomic E-state index is 0. The SMILES string of the molecule is Cc1ccc(CC(=O)N2CCN(C(=O)C3C4CCC(C4)C3N)CC2)cc1.Cl. The van der Waals surface area contributed by atoms with E-state index in [0.29, 0.717) is 44.4 Å². The molecule has 6 heteroatoms. The van der Waals surface area contributed by atoms with Gasteiger partial charge in [-0.3, -0.25) is 9.59 Å². The number of rotatable bonds is 3. The fourth-order valence-electron chi connectivity index (χ4n) is 5.08. The first-order chi connectivity index (χ1) is 12.5. The van der Waals surface area contributed by atoms with E-state index in [4.69, 9.17) is 5.73 Å². The van der Waals surface area contributed by atoms with Crippen molar-refractivity contribution in [2.45, 2.75) is 38.6 Å². The molecule has 1 aromatic carbocycles. The second-order valence-electron chi connectivity index (χ2n) is 8.30. The van der Waals surface area contributed by atoms with Crippen LogP contribution in [0.3, 0.4) is 0 Å². The molecule has 0 aromatic heterocycles. The first-order valence-corrected chi connectivity index (χ1v) is 9.90. The number of amides is 2. The lowest BCUT2D eigenvalue weighted by Crippen LogP contribution is -2.55. The number of hydrogen-bond acceptors (Lipinski definition) is 3. The standard InChI is InChI=1S/C21H29N3O2.ClH/c1-14-2-4-15(5-3-14)12-18(25)23-8-10-24(11-9-23)21(26)19-16-6-7-17(13-16)20(19)22;/h2-5,16-17,19-20H,6-13,22H2,1H3;1H. The average molecular weight is 392 g/mol. The predicted molar refractivity (Wildman–Crippen MR) is 108 cm³/mol. The van der Waals surface area contributed by atoms with E-state index in [1.807, 2.05) is 41.0 Å². The van der Waals surface area contributed by atoms with E-state index in [1.165, 1.54) is 12.0 Å². The van der Waals surface area contributed by atoms with Gasteiger partial charge in [-0.05, 0) is 43.6 Å². The zero-order chi connectivity index (χ0) is 18.3.